The van der Waals surface area contributed by atoms with Gasteiger partial charge in [0.1, 0.15) is 0 Å². The maximum Gasteiger partial charge on any atom is 0.0783 e. The quantitative estimate of drug-likeness (QED) is 0.419. The molecule has 1 heterocycles. The first-order valence-corrected chi connectivity index (χ1v) is 16.9. The van der Waals surface area contributed by atoms with E-state index in [-0.39, 0.29) is 0 Å². The number of pyridine rings is 1. The van der Waals surface area contributed by atoms with Crippen LogP contribution in [0.4, 0.5) is 0 Å². The van der Waals surface area contributed by atoms with E-state index in [9.17, 15) is 0 Å². The molecule has 1 nitrogen and oxygen atoms in total. The van der Waals surface area contributed by atoms with Gasteiger partial charge in [0, 0.05) is 16.8 Å². The third kappa shape index (κ3) is 4.48. The fourth-order valence-electron chi connectivity index (χ4n) is 4.49. The Morgan fingerprint density at radius 1 is 0.593 bits per heavy atom. The van der Waals surface area contributed by atoms with E-state index < -0.39 is 16.1 Å². The molecule has 1 aromatic heterocycles. The summed E-state index contributed by atoms with van der Waals surface area (Å²) in [5, 5.41) is 0.636. The van der Waals surface area contributed by atoms with Crippen LogP contribution in [0.3, 0.4) is 0 Å². The SMILES string of the molecule is C[Si](C)(C)C(c1ccc(-c2ccccc2)c(-c2ccccc2)n1)[Si](C)(C)C. The largest absolute Gasteiger partial charge is 0.253 e. The van der Waals surface area contributed by atoms with Gasteiger partial charge in [0.05, 0.1) is 21.8 Å². The van der Waals surface area contributed by atoms with Crippen LogP contribution >= 0.6 is 0 Å². The van der Waals surface area contributed by atoms with Crippen LogP contribution in [-0.2, 0) is 0 Å². The lowest BCUT2D eigenvalue weighted by Gasteiger charge is -2.38. The van der Waals surface area contributed by atoms with Gasteiger partial charge >= 0.3 is 0 Å². The third-order valence-electron chi connectivity index (χ3n) is 5.08. The Morgan fingerprint density at radius 2 is 1.07 bits per heavy atom. The summed E-state index contributed by atoms with van der Waals surface area (Å²) in [5.41, 5.74) is 6.05. The van der Waals surface area contributed by atoms with Gasteiger partial charge in [-0.3, -0.25) is 4.98 Å². The number of aromatic nitrogens is 1. The zero-order chi connectivity index (χ0) is 19.7. The number of hydrogen-bond donors (Lipinski definition) is 0. The summed E-state index contributed by atoms with van der Waals surface area (Å²) in [7, 11) is -2.77. The van der Waals surface area contributed by atoms with E-state index in [0.29, 0.717) is 5.16 Å². The van der Waals surface area contributed by atoms with Gasteiger partial charge in [-0.05, 0) is 16.8 Å². The van der Waals surface area contributed by atoms with Crippen LogP contribution in [0.2, 0.25) is 39.3 Å². The van der Waals surface area contributed by atoms with Gasteiger partial charge in [0.2, 0.25) is 0 Å². The highest BCUT2D eigenvalue weighted by Crippen LogP contribution is 2.38. The molecule has 0 unspecified atom stereocenters. The second kappa shape index (κ2) is 7.57. The summed E-state index contributed by atoms with van der Waals surface area (Å²) in [4.78, 5) is 5.32. The minimum atomic E-state index is -1.38. The van der Waals surface area contributed by atoms with Gasteiger partial charge in [-0.1, -0.05) is 106 Å². The lowest BCUT2D eigenvalue weighted by Crippen LogP contribution is -2.46. The first-order chi connectivity index (χ1) is 12.7. The number of nitrogens with zero attached hydrogens (tertiary/aromatic N) is 1. The fraction of sp³-hybridized carbons (Fsp3) is 0.292. The molecule has 0 saturated heterocycles. The number of hydrogen-bond acceptors (Lipinski definition) is 1. The highest BCUT2D eigenvalue weighted by molar-refractivity contribution is 6.96. The van der Waals surface area contributed by atoms with Crippen molar-refractivity contribution in [2.75, 3.05) is 0 Å². The second-order valence-electron chi connectivity index (χ2n) is 9.53. The maximum atomic E-state index is 5.32. The van der Waals surface area contributed by atoms with Crippen molar-refractivity contribution in [1.82, 2.24) is 4.98 Å². The van der Waals surface area contributed by atoms with E-state index in [1.807, 2.05) is 0 Å². The lowest BCUT2D eigenvalue weighted by molar-refractivity contribution is 1.07. The first-order valence-electron chi connectivity index (χ1n) is 9.80. The highest BCUT2D eigenvalue weighted by Gasteiger charge is 2.39. The van der Waals surface area contributed by atoms with E-state index in [4.69, 9.17) is 4.98 Å². The molecule has 3 aromatic rings. The summed E-state index contributed by atoms with van der Waals surface area (Å²) in [5.74, 6) is 0. The fourth-order valence-corrected chi connectivity index (χ4v) is 17.0. The average Bonchev–Trinajstić information content (AvgIpc) is 2.61. The molecule has 0 spiro atoms. The van der Waals surface area contributed by atoms with Crippen LogP contribution in [0.15, 0.2) is 72.8 Å². The molecule has 2 aromatic carbocycles. The Labute approximate surface area is 166 Å². The Bertz CT molecular complexity index is 877. The van der Waals surface area contributed by atoms with Crippen molar-refractivity contribution in [2.24, 2.45) is 0 Å². The molecule has 0 aliphatic heterocycles. The molecule has 0 saturated carbocycles. The zero-order valence-electron chi connectivity index (χ0n) is 17.5. The van der Waals surface area contributed by atoms with Crippen LogP contribution in [0.25, 0.3) is 22.4 Å². The number of benzene rings is 2. The smallest absolute Gasteiger partial charge is 0.0783 e. The predicted octanol–water partition coefficient (Wildman–Crippen LogP) is 7.25. The number of rotatable bonds is 5. The van der Waals surface area contributed by atoms with Crippen molar-refractivity contribution in [1.29, 1.82) is 0 Å². The van der Waals surface area contributed by atoms with Crippen molar-refractivity contribution in [3.8, 4) is 22.4 Å². The molecule has 0 atom stereocenters. The van der Waals surface area contributed by atoms with E-state index in [1.54, 1.807) is 0 Å². The van der Waals surface area contributed by atoms with Crippen molar-refractivity contribution in [3.63, 3.8) is 0 Å². The molecule has 3 rings (SSSR count). The van der Waals surface area contributed by atoms with E-state index in [0.717, 1.165) is 5.69 Å². The van der Waals surface area contributed by atoms with Crippen LogP contribution in [0, 0.1) is 0 Å². The van der Waals surface area contributed by atoms with Crippen LogP contribution in [0.1, 0.15) is 10.9 Å². The molecule has 0 amide bonds. The van der Waals surface area contributed by atoms with Crippen LogP contribution < -0.4 is 0 Å². The summed E-state index contributed by atoms with van der Waals surface area (Å²) in [6, 6.07) is 25.9. The summed E-state index contributed by atoms with van der Waals surface area (Å²) in [6.45, 7) is 14.9. The molecular weight excluding hydrogens is 358 g/mol. The summed E-state index contributed by atoms with van der Waals surface area (Å²) in [6.07, 6.45) is 0. The first kappa shape index (κ1) is 19.8. The van der Waals surface area contributed by atoms with Crippen LogP contribution in [-0.4, -0.2) is 21.1 Å². The molecule has 27 heavy (non-hydrogen) atoms. The Morgan fingerprint density at radius 3 is 1.56 bits per heavy atom. The molecule has 0 bridgehead atoms. The summed E-state index contributed by atoms with van der Waals surface area (Å²) < 4.78 is 0. The second-order valence-corrected chi connectivity index (χ2v) is 20.7. The van der Waals surface area contributed by atoms with Gasteiger partial charge < -0.3 is 0 Å². The topological polar surface area (TPSA) is 12.9 Å². The molecule has 140 valence electrons. The molecule has 0 N–H and O–H groups in total. The lowest BCUT2D eigenvalue weighted by atomic mass is 9.99. The Kier molecular flexibility index (Phi) is 5.54. The van der Waals surface area contributed by atoms with Crippen LogP contribution in [0.5, 0.6) is 0 Å². The standard InChI is InChI=1S/C24H31NSi2/c1-26(2,3)24(27(4,5)6)22-18-17-21(19-13-9-7-10-14-19)23(25-22)20-15-11-8-12-16-20/h7-18,24H,1-6H3. The Hall–Kier alpha value is -1.98. The monoisotopic (exact) mass is 389 g/mol. The summed E-state index contributed by atoms with van der Waals surface area (Å²) >= 11 is 0. The Balaban J connectivity index is 2.23. The molecule has 0 fully saturated rings. The highest BCUT2D eigenvalue weighted by atomic mass is 28.4. The van der Waals surface area contributed by atoms with Gasteiger partial charge in [-0.2, -0.15) is 0 Å². The third-order valence-corrected chi connectivity index (χ3v) is 14.3. The molecule has 0 aliphatic carbocycles. The van der Waals surface area contributed by atoms with Gasteiger partial charge in [0.25, 0.3) is 0 Å². The van der Waals surface area contributed by atoms with Crippen molar-refractivity contribution in [2.45, 2.75) is 44.4 Å². The van der Waals surface area contributed by atoms with Crippen molar-refractivity contribution in [3.05, 3.63) is 78.5 Å². The molecule has 3 heteroatoms. The molecular formula is C24H31NSi2. The average molecular weight is 390 g/mol. The van der Waals surface area contributed by atoms with Crippen molar-refractivity contribution < 1.29 is 0 Å². The van der Waals surface area contributed by atoms with E-state index >= 15 is 0 Å². The predicted molar refractivity (Wildman–Crippen MR) is 125 cm³/mol. The molecule has 0 radical (unpaired) electrons. The minimum absolute atomic E-state index is 0.636. The maximum absolute atomic E-state index is 5.32. The van der Waals surface area contributed by atoms with E-state index in [1.165, 1.54) is 22.4 Å². The van der Waals surface area contributed by atoms with Gasteiger partial charge in [-0.15, -0.1) is 0 Å². The molecule has 0 aliphatic rings. The minimum Gasteiger partial charge on any atom is -0.253 e. The van der Waals surface area contributed by atoms with Gasteiger partial charge in [0.15, 0.2) is 0 Å². The van der Waals surface area contributed by atoms with Crippen molar-refractivity contribution >= 4 is 16.1 Å². The zero-order valence-corrected chi connectivity index (χ0v) is 19.5. The van der Waals surface area contributed by atoms with Gasteiger partial charge in [-0.25, -0.2) is 0 Å². The normalized spacial score (nSPS) is 12.4. The van der Waals surface area contributed by atoms with E-state index in [2.05, 4.69) is 112 Å².